The van der Waals surface area contributed by atoms with Crippen LogP contribution in [-0.4, -0.2) is 12.6 Å². The molecule has 2 atom stereocenters. The lowest BCUT2D eigenvalue weighted by Crippen LogP contribution is -2.12. The van der Waals surface area contributed by atoms with E-state index < -0.39 is 0 Å². The van der Waals surface area contributed by atoms with Gasteiger partial charge in [0.15, 0.2) is 0 Å². The highest BCUT2D eigenvalue weighted by Crippen LogP contribution is 2.38. The van der Waals surface area contributed by atoms with Gasteiger partial charge in [-0.3, -0.25) is 0 Å². The molecule has 0 spiro atoms. The first-order valence-corrected chi connectivity index (χ1v) is 7.38. The second kappa shape index (κ2) is 6.77. The molecule has 0 aliphatic heterocycles. The molecule has 0 N–H and O–H groups in total. The van der Waals surface area contributed by atoms with Gasteiger partial charge in [0.25, 0.3) is 0 Å². The van der Waals surface area contributed by atoms with Crippen molar-refractivity contribution >= 4 is 5.97 Å². The molecule has 2 rings (SSSR count). The van der Waals surface area contributed by atoms with Crippen LogP contribution in [0, 0.1) is 11.8 Å². The molecule has 0 radical (unpaired) electrons. The molecule has 0 aromatic carbocycles. The summed E-state index contributed by atoms with van der Waals surface area (Å²) in [6, 6.07) is 0. The van der Waals surface area contributed by atoms with Crippen molar-refractivity contribution in [1.29, 1.82) is 0 Å². The van der Waals surface area contributed by atoms with Crippen LogP contribution in [0.3, 0.4) is 0 Å². The Labute approximate surface area is 110 Å². The Hall–Kier alpha value is -1.05. The Morgan fingerprint density at radius 1 is 1.22 bits per heavy atom. The molecule has 0 fully saturated rings. The van der Waals surface area contributed by atoms with E-state index in [1.165, 1.54) is 32.1 Å². The zero-order chi connectivity index (χ0) is 12.8. The summed E-state index contributed by atoms with van der Waals surface area (Å²) in [5.74, 6) is 0.749. The van der Waals surface area contributed by atoms with E-state index in [0.29, 0.717) is 18.4 Å². The van der Waals surface area contributed by atoms with E-state index >= 15 is 0 Å². The van der Waals surface area contributed by atoms with Crippen molar-refractivity contribution in [2.24, 2.45) is 11.8 Å². The number of esters is 1. The van der Waals surface area contributed by atoms with Crippen molar-refractivity contribution < 1.29 is 9.53 Å². The van der Waals surface area contributed by atoms with Crippen LogP contribution in [0.2, 0.25) is 0 Å². The van der Waals surface area contributed by atoms with Crippen molar-refractivity contribution in [2.75, 3.05) is 6.61 Å². The first-order valence-electron chi connectivity index (χ1n) is 7.38. The molecule has 0 saturated carbocycles. The van der Waals surface area contributed by atoms with Gasteiger partial charge < -0.3 is 4.74 Å². The van der Waals surface area contributed by atoms with Gasteiger partial charge in [0.2, 0.25) is 0 Å². The third-order valence-electron chi connectivity index (χ3n) is 3.88. The van der Waals surface area contributed by atoms with E-state index in [1.54, 1.807) is 0 Å². The average Bonchev–Trinajstić information content (AvgIpc) is 2.99. The predicted octanol–water partition coefficient (Wildman–Crippen LogP) is 4.02. The van der Waals surface area contributed by atoms with Crippen molar-refractivity contribution in [3.8, 4) is 0 Å². The number of allylic oxidation sites excluding steroid dienone is 3. The summed E-state index contributed by atoms with van der Waals surface area (Å²) in [5.41, 5.74) is 0.897. The molecule has 0 amide bonds. The van der Waals surface area contributed by atoms with Gasteiger partial charge in [0.1, 0.15) is 0 Å². The summed E-state index contributed by atoms with van der Waals surface area (Å²) in [4.78, 5) is 11.8. The van der Waals surface area contributed by atoms with Gasteiger partial charge >= 0.3 is 5.97 Å². The minimum atomic E-state index is -0.0830. The van der Waals surface area contributed by atoms with Crippen LogP contribution in [0.5, 0.6) is 0 Å². The van der Waals surface area contributed by atoms with Gasteiger partial charge in [-0.25, -0.2) is 4.79 Å². The number of unbranched alkanes of at least 4 members (excludes halogenated alkanes) is 5. The minimum absolute atomic E-state index is 0.0830. The van der Waals surface area contributed by atoms with Crippen molar-refractivity contribution in [2.45, 2.75) is 51.9 Å². The number of hydrogen-bond donors (Lipinski definition) is 0. The average molecular weight is 248 g/mol. The lowest BCUT2D eigenvalue weighted by molar-refractivity contribution is -0.139. The van der Waals surface area contributed by atoms with Crippen LogP contribution in [-0.2, 0) is 9.53 Å². The molecule has 0 aromatic rings. The third-order valence-corrected chi connectivity index (χ3v) is 3.88. The van der Waals surface area contributed by atoms with Gasteiger partial charge in [-0.15, -0.1) is 0 Å². The zero-order valence-corrected chi connectivity index (χ0v) is 11.4. The number of rotatable bonds is 8. The fraction of sp³-hybridized carbons (Fsp3) is 0.688. The fourth-order valence-corrected chi connectivity index (χ4v) is 2.79. The molecular weight excluding hydrogens is 224 g/mol. The van der Waals surface area contributed by atoms with Crippen LogP contribution >= 0.6 is 0 Å². The molecular formula is C16H24O2. The number of hydrogen-bond acceptors (Lipinski definition) is 2. The second-order valence-corrected chi connectivity index (χ2v) is 5.42. The normalized spacial score (nSPS) is 24.4. The Morgan fingerprint density at radius 3 is 2.67 bits per heavy atom. The zero-order valence-electron chi connectivity index (χ0n) is 11.4. The molecule has 0 saturated heterocycles. The molecule has 2 aliphatic carbocycles. The lowest BCUT2D eigenvalue weighted by atomic mass is 10.0. The molecule has 2 heteroatoms. The van der Waals surface area contributed by atoms with Crippen LogP contribution in [0.1, 0.15) is 51.9 Å². The van der Waals surface area contributed by atoms with E-state index in [1.807, 2.05) is 0 Å². The first-order chi connectivity index (χ1) is 8.81. The van der Waals surface area contributed by atoms with Crippen LogP contribution < -0.4 is 0 Å². The van der Waals surface area contributed by atoms with Crippen molar-refractivity contribution in [3.63, 3.8) is 0 Å². The number of fused-ring (bicyclic) bond motifs is 2. The monoisotopic (exact) mass is 248 g/mol. The molecule has 2 aliphatic rings. The Kier molecular flexibility index (Phi) is 5.03. The van der Waals surface area contributed by atoms with Crippen LogP contribution in [0.25, 0.3) is 0 Å². The summed E-state index contributed by atoms with van der Waals surface area (Å²) < 4.78 is 5.34. The molecule has 0 heterocycles. The Balaban J connectivity index is 1.55. The number of carbonyl (C=O) groups excluding carboxylic acids is 1. The van der Waals surface area contributed by atoms with E-state index in [0.717, 1.165) is 18.4 Å². The molecule has 18 heavy (non-hydrogen) atoms. The molecule has 100 valence electrons. The summed E-state index contributed by atoms with van der Waals surface area (Å²) in [6.45, 7) is 2.81. The standard InChI is InChI=1S/C16H24O2/c1-2-3-4-5-6-7-10-18-16(17)15-12-13-8-9-14(15)11-13/h8-9,12-14H,2-7,10-11H2,1H3. The summed E-state index contributed by atoms with van der Waals surface area (Å²) >= 11 is 0. The lowest BCUT2D eigenvalue weighted by Gasteiger charge is -2.09. The van der Waals surface area contributed by atoms with E-state index in [9.17, 15) is 4.79 Å². The highest BCUT2D eigenvalue weighted by Gasteiger charge is 2.32. The largest absolute Gasteiger partial charge is 0.462 e. The fourth-order valence-electron chi connectivity index (χ4n) is 2.79. The van der Waals surface area contributed by atoms with Gasteiger partial charge in [-0.05, 0) is 18.8 Å². The summed E-state index contributed by atoms with van der Waals surface area (Å²) in [5, 5.41) is 0. The number of ether oxygens (including phenoxy) is 1. The van der Waals surface area contributed by atoms with Gasteiger partial charge in [-0.2, -0.15) is 0 Å². The van der Waals surface area contributed by atoms with Gasteiger partial charge in [-0.1, -0.05) is 57.3 Å². The minimum Gasteiger partial charge on any atom is -0.462 e. The van der Waals surface area contributed by atoms with Gasteiger partial charge in [0.05, 0.1) is 6.61 Å². The highest BCUT2D eigenvalue weighted by molar-refractivity contribution is 5.90. The smallest absolute Gasteiger partial charge is 0.334 e. The third kappa shape index (κ3) is 3.47. The summed E-state index contributed by atoms with van der Waals surface area (Å²) in [6.07, 6.45) is 14.9. The van der Waals surface area contributed by atoms with E-state index in [4.69, 9.17) is 4.74 Å². The van der Waals surface area contributed by atoms with E-state index in [-0.39, 0.29) is 5.97 Å². The maximum atomic E-state index is 11.8. The molecule has 2 unspecified atom stereocenters. The number of carbonyl (C=O) groups is 1. The molecule has 0 aromatic heterocycles. The maximum Gasteiger partial charge on any atom is 0.334 e. The topological polar surface area (TPSA) is 26.3 Å². The second-order valence-electron chi connectivity index (χ2n) is 5.42. The van der Waals surface area contributed by atoms with Crippen molar-refractivity contribution in [1.82, 2.24) is 0 Å². The molecule has 2 bridgehead atoms. The molecule has 2 nitrogen and oxygen atoms in total. The summed E-state index contributed by atoms with van der Waals surface area (Å²) in [7, 11) is 0. The Bertz CT molecular complexity index is 341. The van der Waals surface area contributed by atoms with Crippen LogP contribution in [0.15, 0.2) is 23.8 Å². The quantitative estimate of drug-likeness (QED) is 0.368. The SMILES string of the molecule is CCCCCCCCOC(=O)C1=CC2C=CC1C2. The van der Waals surface area contributed by atoms with E-state index in [2.05, 4.69) is 25.2 Å². The Morgan fingerprint density at radius 2 is 2.00 bits per heavy atom. The maximum absolute atomic E-state index is 11.8. The predicted molar refractivity (Wildman–Crippen MR) is 73.2 cm³/mol. The van der Waals surface area contributed by atoms with Crippen molar-refractivity contribution in [3.05, 3.63) is 23.8 Å². The van der Waals surface area contributed by atoms with Crippen LogP contribution in [0.4, 0.5) is 0 Å². The first kappa shape index (κ1) is 13.4. The van der Waals surface area contributed by atoms with Gasteiger partial charge in [0, 0.05) is 11.5 Å². The highest BCUT2D eigenvalue weighted by atomic mass is 16.5.